The molecule has 28 heavy (non-hydrogen) atoms. The molecule has 2 atom stereocenters. The van der Waals surface area contributed by atoms with Gasteiger partial charge in [0.2, 0.25) is 0 Å². The summed E-state index contributed by atoms with van der Waals surface area (Å²) in [6.07, 6.45) is -4.06. The van der Waals surface area contributed by atoms with Crippen LogP contribution in [0.5, 0.6) is 0 Å². The van der Waals surface area contributed by atoms with Gasteiger partial charge in [0.25, 0.3) is 0 Å². The molecule has 0 spiro atoms. The molecule has 0 radical (unpaired) electrons. The van der Waals surface area contributed by atoms with Crippen molar-refractivity contribution in [3.63, 3.8) is 0 Å². The van der Waals surface area contributed by atoms with E-state index in [1.54, 1.807) is 25.7 Å². The molecule has 2 bridgehead atoms. The fourth-order valence-corrected chi connectivity index (χ4v) is 3.80. The molecule has 0 aliphatic carbocycles. The van der Waals surface area contributed by atoms with E-state index in [1.807, 2.05) is 0 Å². The van der Waals surface area contributed by atoms with Crippen LogP contribution in [0.1, 0.15) is 49.5 Å². The fourth-order valence-electron chi connectivity index (χ4n) is 3.80. The maximum atomic E-state index is 12.8. The van der Waals surface area contributed by atoms with Crippen LogP contribution in [0.4, 0.5) is 18.0 Å². The Morgan fingerprint density at radius 2 is 1.57 bits per heavy atom. The molecule has 5 nitrogen and oxygen atoms in total. The average Bonchev–Trinajstić information content (AvgIpc) is 2.57. The predicted octanol–water partition coefficient (Wildman–Crippen LogP) is 4.30. The third kappa shape index (κ3) is 4.48. The average molecular weight is 399 g/mol. The molecular weight excluding hydrogens is 375 g/mol. The molecule has 3 rings (SSSR count). The molecule has 2 fully saturated rings. The molecule has 0 saturated carbocycles. The van der Waals surface area contributed by atoms with Crippen molar-refractivity contribution in [2.24, 2.45) is 5.92 Å². The van der Waals surface area contributed by atoms with Crippen LogP contribution in [0.2, 0.25) is 0 Å². The Labute approximate surface area is 161 Å². The number of benzene rings is 1. The van der Waals surface area contributed by atoms with Gasteiger partial charge in [-0.2, -0.15) is 13.2 Å². The van der Waals surface area contributed by atoms with Gasteiger partial charge in [-0.15, -0.1) is 0 Å². The quantitative estimate of drug-likeness (QED) is 0.696. The first-order valence-corrected chi connectivity index (χ1v) is 9.26. The lowest BCUT2D eigenvalue weighted by molar-refractivity contribution is -0.137. The molecule has 2 aliphatic rings. The summed E-state index contributed by atoms with van der Waals surface area (Å²) in [5.41, 5.74) is -1.16. The van der Waals surface area contributed by atoms with Gasteiger partial charge in [-0.1, -0.05) is 12.1 Å². The molecule has 1 aromatic rings. The Morgan fingerprint density at radius 1 is 1.04 bits per heavy atom. The standard InChI is InChI=1S/C20H24F3NO4/c1-19(2,3)28-18(26)24-15-8-13(9-16(24)11-27-10-15)17(25)12-4-6-14(7-5-12)20(21,22)23/h4-7,13,15-16H,8-11H2,1-3H3. The molecule has 0 N–H and O–H groups in total. The first kappa shape index (κ1) is 20.6. The van der Waals surface area contributed by atoms with Gasteiger partial charge in [-0.25, -0.2) is 4.79 Å². The summed E-state index contributed by atoms with van der Waals surface area (Å²) < 4.78 is 49.2. The number of rotatable bonds is 2. The van der Waals surface area contributed by atoms with Crippen molar-refractivity contribution in [3.05, 3.63) is 35.4 Å². The Morgan fingerprint density at radius 3 is 2.04 bits per heavy atom. The maximum Gasteiger partial charge on any atom is 0.416 e. The number of amides is 1. The molecule has 1 aromatic carbocycles. The lowest BCUT2D eigenvalue weighted by atomic mass is 9.80. The third-order valence-corrected chi connectivity index (χ3v) is 4.99. The van der Waals surface area contributed by atoms with E-state index in [4.69, 9.17) is 9.47 Å². The topological polar surface area (TPSA) is 55.8 Å². The van der Waals surface area contributed by atoms with Gasteiger partial charge in [-0.05, 0) is 45.7 Å². The highest BCUT2D eigenvalue weighted by Gasteiger charge is 2.45. The van der Waals surface area contributed by atoms with Crippen LogP contribution in [0.3, 0.4) is 0 Å². The van der Waals surface area contributed by atoms with Crippen LogP contribution in [-0.4, -0.2) is 47.7 Å². The number of hydrogen-bond donors (Lipinski definition) is 0. The number of halogens is 3. The van der Waals surface area contributed by atoms with Gasteiger partial charge < -0.3 is 9.47 Å². The van der Waals surface area contributed by atoms with Crippen LogP contribution in [0.25, 0.3) is 0 Å². The monoisotopic (exact) mass is 399 g/mol. The smallest absolute Gasteiger partial charge is 0.416 e. The second-order valence-electron chi connectivity index (χ2n) is 8.34. The van der Waals surface area contributed by atoms with Gasteiger partial charge in [0.05, 0.1) is 30.9 Å². The minimum Gasteiger partial charge on any atom is -0.444 e. The number of carbonyl (C=O) groups excluding carboxylic acids is 2. The maximum absolute atomic E-state index is 12.8. The number of piperidine rings is 1. The summed E-state index contributed by atoms with van der Waals surface area (Å²) in [7, 11) is 0. The highest BCUT2D eigenvalue weighted by molar-refractivity contribution is 5.98. The Kier molecular flexibility index (Phi) is 5.44. The van der Waals surface area contributed by atoms with Gasteiger partial charge in [-0.3, -0.25) is 9.69 Å². The molecule has 2 unspecified atom stereocenters. The number of ketones is 1. The van der Waals surface area contributed by atoms with E-state index in [2.05, 4.69) is 0 Å². The highest BCUT2D eigenvalue weighted by atomic mass is 19.4. The Hall–Kier alpha value is -2.09. The highest BCUT2D eigenvalue weighted by Crippen LogP contribution is 2.35. The van der Waals surface area contributed by atoms with E-state index in [-0.39, 0.29) is 29.3 Å². The minimum atomic E-state index is -4.44. The van der Waals surface area contributed by atoms with Crippen molar-refractivity contribution in [2.45, 2.75) is 57.5 Å². The molecule has 1 amide bonds. The third-order valence-electron chi connectivity index (χ3n) is 4.99. The summed E-state index contributed by atoms with van der Waals surface area (Å²) in [6, 6.07) is 3.71. The van der Waals surface area contributed by atoms with Crippen LogP contribution in [-0.2, 0) is 15.7 Å². The van der Waals surface area contributed by atoms with E-state index >= 15 is 0 Å². The normalized spacial score (nSPS) is 25.4. The van der Waals surface area contributed by atoms with Crippen LogP contribution in [0, 0.1) is 5.92 Å². The van der Waals surface area contributed by atoms with Gasteiger partial charge >= 0.3 is 12.3 Å². The van der Waals surface area contributed by atoms with Crippen LogP contribution in [0.15, 0.2) is 24.3 Å². The Balaban J connectivity index is 1.73. The summed E-state index contributed by atoms with van der Waals surface area (Å²) in [5.74, 6) is -0.566. The number of fused-ring (bicyclic) bond motifs is 2. The minimum absolute atomic E-state index is 0.200. The van der Waals surface area contributed by atoms with Crippen LogP contribution >= 0.6 is 0 Å². The molecule has 0 aromatic heterocycles. The van der Waals surface area contributed by atoms with Gasteiger partial charge in [0.1, 0.15) is 5.60 Å². The van der Waals surface area contributed by atoms with Gasteiger partial charge in [0.15, 0.2) is 5.78 Å². The molecule has 2 saturated heterocycles. The molecule has 154 valence electrons. The van der Waals surface area contributed by atoms with E-state index in [1.165, 1.54) is 12.1 Å². The zero-order chi connectivity index (χ0) is 20.7. The number of hydrogen-bond acceptors (Lipinski definition) is 4. The van der Waals surface area contributed by atoms with Crippen molar-refractivity contribution >= 4 is 11.9 Å². The Bertz CT molecular complexity index is 725. The zero-order valence-corrected chi connectivity index (χ0v) is 16.1. The number of morpholine rings is 1. The molecule has 2 aliphatic heterocycles. The second kappa shape index (κ2) is 7.39. The number of ether oxygens (including phenoxy) is 2. The first-order chi connectivity index (χ1) is 13.0. The fraction of sp³-hybridized carbons (Fsp3) is 0.600. The molecule has 8 heteroatoms. The van der Waals surface area contributed by atoms with Gasteiger partial charge in [0, 0.05) is 11.5 Å². The number of alkyl halides is 3. The largest absolute Gasteiger partial charge is 0.444 e. The van der Waals surface area contributed by atoms with Crippen molar-refractivity contribution in [1.29, 1.82) is 0 Å². The van der Waals surface area contributed by atoms with Crippen molar-refractivity contribution in [1.82, 2.24) is 4.90 Å². The van der Waals surface area contributed by atoms with Crippen molar-refractivity contribution < 1.29 is 32.2 Å². The van der Waals surface area contributed by atoms with E-state index in [0.717, 1.165) is 12.1 Å². The summed E-state index contributed by atoms with van der Waals surface area (Å²) >= 11 is 0. The molecular formula is C20H24F3NO4. The van der Waals surface area contributed by atoms with Crippen LogP contribution < -0.4 is 0 Å². The number of carbonyl (C=O) groups is 2. The lowest BCUT2D eigenvalue weighted by Gasteiger charge is -2.47. The van der Waals surface area contributed by atoms with E-state index in [0.29, 0.717) is 26.1 Å². The van der Waals surface area contributed by atoms with Crippen molar-refractivity contribution in [3.8, 4) is 0 Å². The number of nitrogens with zero attached hydrogens (tertiary/aromatic N) is 1. The summed E-state index contributed by atoms with van der Waals surface area (Å²) in [4.78, 5) is 27.1. The second-order valence-corrected chi connectivity index (χ2v) is 8.34. The number of Topliss-reactive ketones (excluding diaryl/α,β-unsaturated/α-hetero) is 1. The predicted molar refractivity (Wildman–Crippen MR) is 95.0 cm³/mol. The summed E-state index contributed by atoms with van der Waals surface area (Å²) in [5, 5.41) is 0. The van der Waals surface area contributed by atoms with Crippen molar-refractivity contribution in [2.75, 3.05) is 13.2 Å². The first-order valence-electron chi connectivity index (χ1n) is 9.26. The van der Waals surface area contributed by atoms with E-state index in [9.17, 15) is 22.8 Å². The molecule has 2 heterocycles. The lowest BCUT2D eigenvalue weighted by Crippen LogP contribution is -2.60. The summed E-state index contributed by atoms with van der Waals surface area (Å²) in [6.45, 7) is 5.99. The van der Waals surface area contributed by atoms with E-state index < -0.39 is 23.4 Å². The zero-order valence-electron chi connectivity index (χ0n) is 16.1. The SMILES string of the molecule is CC(C)(C)OC(=O)N1C2COCC1CC(C(=O)c1ccc(C(F)(F)F)cc1)C2.